The van der Waals surface area contributed by atoms with Crippen LogP contribution in [0.4, 0.5) is 0 Å². The number of imidazole rings is 4. The van der Waals surface area contributed by atoms with Crippen LogP contribution < -0.4 is 0 Å². The van der Waals surface area contributed by atoms with Crippen molar-refractivity contribution in [3.63, 3.8) is 0 Å². The summed E-state index contributed by atoms with van der Waals surface area (Å²) < 4.78 is 15.4. The summed E-state index contributed by atoms with van der Waals surface area (Å²) in [6.07, 6.45) is 25.9. The summed E-state index contributed by atoms with van der Waals surface area (Å²) in [6, 6.07) is 3.61. The zero-order valence-corrected chi connectivity index (χ0v) is 57.9. The predicted octanol–water partition coefficient (Wildman–Crippen LogP) is 20.1. The Morgan fingerprint density at radius 2 is 1.06 bits per heavy atom. The fraction of sp³-hybridized carbons (Fsp3) is 0.500. The zero-order chi connectivity index (χ0) is 64.1. The van der Waals surface area contributed by atoms with Gasteiger partial charge in [0, 0.05) is 107 Å². The van der Waals surface area contributed by atoms with Gasteiger partial charge in [0.05, 0.1) is 53.1 Å². The second kappa shape index (κ2) is 91.8. The van der Waals surface area contributed by atoms with Gasteiger partial charge in [-0.25, -0.2) is 19.9 Å². The standard InChI is InChI=1S/4C4H6N2.3C4H5NO.3C4H5NS.10C2H6/c2*1-4-2-5-3-6-4;1-6-3-2-5-4-6;1-4-5-2-3-6-4;1-4-2-5-6-3-4;1-4-2-3-6-5-4;1-4-2-3-5-6-4;1-4-2-6-3-5-4;1-4-2-5-3-6-4;1-4-5-2-3-6-4;10*1-2/h2*2-3H,1H3,(H,5,6);2-4H,1H3;2-3H,1H3,(H,5,6);6*2-3H,1H3;10*1-2H3. The molecule has 80 heavy (non-hydrogen) atoms. The Balaban J connectivity index is -0.0000000822. The average molecular weight is 1180 g/mol. The van der Waals surface area contributed by atoms with Crippen molar-refractivity contribution in [3.05, 3.63) is 177 Å². The van der Waals surface area contributed by atoms with Gasteiger partial charge in [-0.1, -0.05) is 154 Å². The molecule has 0 saturated heterocycles. The van der Waals surface area contributed by atoms with Gasteiger partial charge >= 0.3 is 0 Å². The number of H-pyrrole nitrogens is 3. The molecule has 0 aromatic carbocycles. The highest BCUT2D eigenvalue weighted by Crippen LogP contribution is 2.00. The summed E-state index contributed by atoms with van der Waals surface area (Å²) in [5, 5.41) is 15.6. The van der Waals surface area contributed by atoms with E-state index in [0.717, 1.165) is 44.9 Å². The Morgan fingerprint density at radius 3 is 1.18 bits per heavy atom. The van der Waals surface area contributed by atoms with Gasteiger partial charge in [0.2, 0.25) is 0 Å². The third-order valence-electron chi connectivity index (χ3n) is 5.90. The number of aromatic nitrogens is 14. The monoisotopic (exact) mass is 1170 g/mol. The molecule has 0 fully saturated rings. The Bertz CT molecular complexity index is 1660. The van der Waals surface area contributed by atoms with E-state index in [0.29, 0.717) is 0 Å². The molecule has 0 radical (unpaired) electrons. The van der Waals surface area contributed by atoms with Crippen LogP contribution in [0.1, 0.15) is 188 Å². The molecular weight excluding hydrogens is 1060 g/mol. The summed E-state index contributed by atoms with van der Waals surface area (Å²) in [4.78, 5) is 36.8. The lowest BCUT2D eigenvalue weighted by molar-refractivity contribution is 0.397. The van der Waals surface area contributed by atoms with E-state index < -0.39 is 0 Å². The van der Waals surface area contributed by atoms with Crippen LogP contribution >= 0.6 is 34.0 Å². The van der Waals surface area contributed by atoms with Crippen molar-refractivity contribution in [3.8, 4) is 0 Å². The zero-order valence-electron chi connectivity index (χ0n) is 55.5. The number of hydrogen-bond acceptors (Lipinski definition) is 16. The molecule has 20 heteroatoms. The van der Waals surface area contributed by atoms with Crippen LogP contribution in [0.3, 0.4) is 0 Å². The van der Waals surface area contributed by atoms with Gasteiger partial charge in [0.15, 0.2) is 0 Å². The minimum absolute atomic E-state index is 0.856. The molecule has 0 unspecified atom stereocenters. The number of aromatic amines is 3. The third kappa shape index (κ3) is 88.0. The normalized spacial score (nSPS) is 7.38. The van der Waals surface area contributed by atoms with Crippen molar-refractivity contribution in [2.24, 2.45) is 7.05 Å². The van der Waals surface area contributed by atoms with E-state index in [1.807, 2.05) is 247 Å². The molecule has 0 atom stereocenters. The molecule has 0 spiro atoms. The molecule has 0 saturated carbocycles. The minimum Gasteiger partial charge on any atom is -0.365 e. The van der Waals surface area contributed by atoms with E-state index in [9.17, 15) is 0 Å². The van der Waals surface area contributed by atoms with E-state index >= 15 is 0 Å². The first-order valence-electron chi connectivity index (χ1n) is 27.9. The van der Waals surface area contributed by atoms with Crippen LogP contribution in [0.15, 0.2) is 141 Å². The Kier molecular flexibility index (Phi) is 110. The lowest BCUT2D eigenvalue weighted by Crippen LogP contribution is -1.76. The van der Waals surface area contributed by atoms with Gasteiger partial charge in [0.1, 0.15) is 24.1 Å². The van der Waals surface area contributed by atoms with Crippen molar-refractivity contribution in [2.45, 2.75) is 201 Å². The first-order valence-corrected chi connectivity index (χ1v) is 30.6. The van der Waals surface area contributed by atoms with Crippen LogP contribution in [0.25, 0.3) is 0 Å². The van der Waals surface area contributed by atoms with Crippen LogP contribution in [0.5, 0.6) is 0 Å². The van der Waals surface area contributed by atoms with Gasteiger partial charge in [-0.3, -0.25) is 15.0 Å². The number of hydrogen-bond donors (Lipinski definition) is 3. The molecule has 0 aliphatic rings. The number of nitrogens with one attached hydrogen (secondary N) is 3. The maximum atomic E-state index is 4.58. The van der Waals surface area contributed by atoms with Crippen LogP contribution in [-0.4, -0.2) is 69.9 Å². The quantitative estimate of drug-likeness (QED) is 0.129. The molecule has 0 amide bonds. The van der Waals surface area contributed by atoms with Gasteiger partial charge in [-0.15, -0.1) is 34.0 Å². The van der Waals surface area contributed by atoms with E-state index in [-0.39, 0.29) is 0 Å². The molecule has 10 heterocycles. The molecule has 17 nitrogen and oxygen atoms in total. The van der Waals surface area contributed by atoms with E-state index in [1.54, 1.807) is 127 Å². The summed E-state index contributed by atoms with van der Waals surface area (Å²) in [5.74, 6) is 1.82. The molecule has 0 aliphatic carbocycles. The second-order valence-corrected chi connectivity index (χ2v) is 14.5. The maximum absolute atomic E-state index is 4.58. The molecule has 10 rings (SSSR count). The summed E-state index contributed by atoms with van der Waals surface area (Å²) in [6.45, 7) is 57.5. The van der Waals surface area contributed by atoms with Crippen molar-refractivity contribution in [1.29, 1.82) is 0 Å². The summed E-state index contributed by atoms with van der Waals surface area (Å²) >= 11 is 4.96. The topological polar surface area (TPSA) is 221 Å². The van der Waals surface area contributed by atoms with Gasteiger partial charge < -0.3 is 33.1 Å². The number of nitrogens with zero attached hydrogens (tertiary/aromatic N) is 11. The van der Waals surface area contributed by atoms with Crippen molar-refractivity contribution < 1.29 is 13.6 Å². The van der Waals surface area contributed by atoms with Gasteiger partial charge in [-0.2, -0.15) is 0 Å². The Labute approximate surface area is 499 Å². The van der Waals surface area contributed by atoms with Crippen molar-refractivity contribution in [1.82, 2.24) is 69.9 Å². The highest BCUT2D eigenvalue weighted by Gasteiger charge is 1.81. The first kappa shape index (κ1) is 95.7. The molecule has 460 valence electrons. The molecule has 10 aromatic heterocycles. The third-order valence-corrected chi connectivity index (χ3v) is 8.01. The van der Waals surface area contributed by atoms with E-state index in [1.165, 1.54) is 4.88 Å². The van der Waals surface area contributed by atoms with Gasteiger partial charge in [-0.05, 0) is 62.3 Å². The van der Waals surface area contributed by atoms with Crippen molar-refractivity contribution >= 4 is 34.0 Å². The molecule has 0 bridgehead atoms. The Hall–Kier alpha value is -6.64. The minimum atomic E-state index is 0.856. The highest BCUT2D eigenvalue weighted by molar-refractivity contribution is 7.09. The van der Waals surface area contributed by atoms with E-state index in [4.69, 9.17) is 0 Å². The second-order valence-electron chi connectivity index (χ2n) is 11.6. The van der Waals surface area contributed by atoms with Crippen LogP contribution in [-0.2, 0) is 7.05 Å². The molecule has 0 aliphatic heterocycles. The maximum Gasteiger partial charge on any atom is 0.133 e. The van der Waals surface area contributed by atoms with Gasteiger partial charge in [0.25, 0.3) is 0 Å². The lowest BCUT2D eigenvalue weighted by Gasteiger charge is -1.76. The lowest BCUT2D eigenvalue weighted by atomic mass is 10.4. The number of rotatable bonds is 0. The summed E-state index contributed by atoms with van der Waals surface area (Å²) in [7, 11) is 1.94. The Morgan fingerprint density at radius 1 is 0.500 bits per heavy atom. The van der Waals surface area contributed by atoms with Crippen molar-refractivity contribution in [2.75, 3.05) is 0 Å². The molecule has 10 aromatic rings. The largest absolute Gasteiger partial charge is 0.365 e. The average Bonchev–Trinajstić information content (AvgIpc) is 4.32. The van der Waals surface area contributed by atoms with E-state index in [2.05, 4.69) is 78.9 Å². The molecular formula is C60H114N14O3S3. The van der Waals surface area contributed by atoms with Crippen LogP contribution in [0, 0.1) is 62.3 Å². The number of thiazole rings is 3. The summed E-state index contributed by atoms with van der Waals surface area (Å²) in [5.41, 5.74) is 8.97. The fourth-order valence-electron chi connectivity index (χ4n) is 2.98. The van der Waals surface area contributed by atoms with Crippen LogP contribution in [0.2, 0.25) is 0 Å². The number of aryl methyl sites for hydroxylation is 10. The molecule has 3 N–H and O–H groups in total. The highest BCUT2D eigenvalue weighted by atomic mass is 32.1. The predicted molar refractivity (Wildman–Crippen MR) is 351 cm³/mol. The first-order chi connectivity index (χ1) is 38.9. The smallest absolute Gasteiger partial charge is 0.133 e. The SMILES string of the molecule is CC.CC.CC.CC.CC.CC.CC.CC.CC.CC.Cc1ccno1.Cc1ccon1.Cc1cnc[nH]1.Cc1cnc[nH]1.Cc1cncs1.Cc1cnoc1.Cc1cscn1.Cc1ncc[nH]1.Cc1nccs1.Cn1ccnc1. The fourth-order valence-corrected chi connectivity index (χ4v) is 4.37.